The molecule has 2 fully saturated rings. The molecular weight excluding hydrogens is 238 g/mol. The van der Waals surface area contributed by atoms with Crippen molar-refractivity contribution in [3.05, 3.63) is 0 Å². The minimum absolute atomic E-state index is 0.00731. The van der Waals surface area contributed by atoms with Gasteiger partial charge in [0.2, 0.25) is 0 Å². The largest absolute Gasteiger partial charge is 0.466 e. The average Bonchev–Trinajstić information content (AvgIpc) is 2.81. The first-order valence-electron chi connectivity index (χ1n) is 7.88. The molecule has 0 aromatic carbocycles. The lowest BCUT2D eigenvalue weighted by molar-refractivity contribution is -0.148. The molecule has 2 aliphatic rings. The maximum atomic E-state index is 12.0. The molecule has 0 amide bonds. The van der Waals surface area contributed by atoms with E-state index in [-0.39, 0.29) is 11.5 Å². The lowest BCUT2D eigenvalue weighted by Crippen LogP contribution is -2.53. The van der Waals surface area contributed by atoms with E-state index in [4.69, 9.17) is 4.74 Å². The second kappa shape index (κ2) is 5.82. The Kier molecular flexibility index (Phi) is 4.54. The number of rotatable bonds is 4. The molecule has 1 unspecified atom stereocenters. The zero-order valence-corrected chi connectivity index (χ0v) is 12.8. The van der Waals surface area contributed by atoms with Crippen molar-refractivity contribution in [3.8, 4) is 0 Å². The molecule has 110 valence electrons. The van der Waals surface area contributed by atoms with E-state index in [0.29, 0.717) is 18.4 Å². The van der Waals surface area contributed by atoms with Gasteiger partial charge in [0.15, 0.2) is 0 Å². The van der Waals surface area contributed by atoms with Crippen LogP contribution in [0.5, 0.6) is 0 Å². The van der Waals surface area contributed by atoms with Gasteiger partial charge in [-0.2, -0.15) is 0 Å². The van der Waals surface area contributed by atoms with Crippen LogP contribution in [0.3, 0.4) is 0 Å². The molecule has 1 aliphatic carbocycles. The molecule has 3 nitrogen and oxygen atoms in total. The van der Waals surface area contributed by atoms with Crippen LogP contribution in [0.1, 0.15) is 65.7 Å². The fourth-order valence-electron chi connectivity index (χ4n) is 4.17. The number of likely N-dealkylation sites (tertiary alicyclic amines) is 1. The van der Waals surface area contributed by atoms with Crippen LogP contribution in [0.2, 0.25) is 0 Å². The SMILES string of the molecule is CCOC(=O)CC1(N2CCCC2)CCCC(C)(C)C1. The lowest BCUT2D eigenvalue weighted by atomic mass is 9.66. The van der Waals surface area contributed by atoms with E-state index in [1.165, 1.54) is 25.7 Å². The van der Waals surface area contributed by atoms with Gasteiger partial charge in [0.25, 0.3) is 0 Å². The van der Waals surface area contributed by atoms with E-state index in [0.717, 1.165) is 25.9 Å². The lowest BCUT2D eigenvalue weighted by Gasteiger charge is -2.49. The van der Waals surface area contributed by atoms with Crippen molar-refractivity contribution in [2.45, 2.75) is 71.3 Å². The molecule has 0 bridgehead atoms. The van der Waals surface area contributed by atoms with E-state index in [1.54, 1.807) is 0 Å². The molecule has 0 aromatic heterocycles. The number of nitrogens with zero attached hydrogens (tertiary/aromatic N) is 1. The summed E-state index contributed by atoms with van der Waals surface area (Å²) in [5.41, 5.74) is 0.428. The Balaban J connectivity index is 2.14. The number of carbonyl (C=O) groups excluding carboxylic acids is 1. The highest BCUT2D eigenvalue weighted by Gasteiger charge is 2.46. The standard InChI is InChI=1S/C16H29NO2/c1-4-19-14(18)12-16(17-10-5-6-11-17)9-7-8-15(2,3)13-16/h4-13H2,1-3H3. The Bertz CT molecular complexity index is 321. The van der Waals surface area contributed by atoms with Gasteiger partial charge in [0, 0.05) is 5.54 Å². The molecule has 0 spiro atoms. The minimum atomic E-state index is -0.00731. The molecule has 1 aliphatic heterocycles. The van der Waals surface area contributed by atoms with Crippen LogP contribution in [-0.2, 0) is 9.53 Å². The number of carbonyl (C=O) groups is 1. The molecule has 0 N–H and O–H groups in total. The van der Waals surface area contributed by atoms with E-state index < -0.39 is 0 Å². The summed E-state index contributed by atoms with van der Waals surface area (Å²) in [5, 5.41) is 0. The van der Waals surface area contributed by atoms with Crippen LogP contribution < -0.4 is 0 Å². The summed E-state index contributed by atoms with van der Waals surface area (Å²) >= 11 is 0. The van der Waals surface area contributed by atoms with Crippen LogP contribution in [0.25, 0.3) is 0 Å². The Labute approximate surface area is 117 Å². The van der Waals surface area contributed by atoms with E-state index in [2.05, 4.69) is 18.7 Å². The van der Waals surface area contributed by atoms with Crippen molar-refractivity contribution in [1.82, 2.24) is 4.90 Å². The zero-order chi connectivity index (χ0) is 13.9. The van der Waals surface area contributed by atoms with Crippen LogP contribution in [0.4, 0.5) is 0 Å². The summed E-state index contributed by atoms with van der Waals surface area (Å²) in [4.78, 5) is 14.6. The highest BCUT2D eigenvalue weighted by molar-refractivity contribution is 5.71. The summed E-state index contributed by atoms with van der Waals surface area (Å²) in [6.45, 7) is 9.42. The van der Waals surface area contributed by atoms with Gasteiger partial charge in [0.05, 0.1) is 13.0 Å². The first-order valence-corrected chi connectivity index (χ1v) is 7.88. The Hall–Kier alpha value is -0.570. The Morgan fingerprint density at radius 1 is 1.16 bits per heavy atom. The zero-order valence-electron chi connectivity index (χ0n) is 12.8. The third kappa shape index (κ3) is 3.50. The van der Waals surface area contributed by atoms with Gasteiger partial charge in [-0.1, -0.05) is 20.3 Å². The Morgan fingerprint density at radius 3 is 2.42 bits per heavy atom. The summed E-state index contributed by atoms with van der Waals surface area (Å²) in [7, 11) is 0. The third-order valence-corrected chi connectivity index (χ3v) is 4.86. The number of esters is 1. The molecule has 1 heterocycles. The molecular formula is C16H29NO2. The van der Waals surface area contributed by atoms with Crippen molar-refractivity contribution in [1.29, 1.82) is 0 Å². The number of hydrogen-bond donors (Lipinski definition) is 0. The van der Waals surface area contributed by atoms with Crippen LogP contribution >= 0.6 is 0 Å². The smallest absolute Gasteiger partial charge is 0.307 e. The van der Waals surface area contributed by atoms with Gasteiger partial charge in [0.1, 0.15) is 0 Å². The van der Waals surface area contributed by atoms with Gasteiger partial charge in [-0.25, -0.2) is 0 Å². The van der Waals surface area contributed by atoms with Crippen molar-refractivity contribution in [2.24, 2.45) is 5.41 Å². The molecule has 1 atom stereocenters. The highest BCUT2D eigenvalue weighted by atomic mass is 16.5. The van der Waals surface area contributed by atoms with Crippen LogP contribution in [0, 0.1) is 5.41 Å². The van der Waals surface area contributed by atoms with Gasteiger partial charge in [-0.15, -0.1) is 0 Å². The predicted octanol–water partition coefficient (Wildman–Crippen LogP) is 3.37. The molecule has 0 aromatic rings. The first kappa shape index (κ1) is 14.8. The van der Waals surface area contributed by atoms with Gasteiger partial charge >= 0.3 is 5.97 Å². The summed E-state index contributed by atoms with van der Waals surface area (Å²) in [5.74, 6) is -0.00731. The monoisotopic (exact) mass is 267 g/mol. The third-order valence-electron chi connectivity index (χ3n) is 4.86. The fraction of sp³-hybridized carbons (Fsp3) is 0.938. The average molecular weight is 267 g/mol. The first-order chi connectivity index (χ1) is 8.97. The van der Waals surface area contributed by atoms with Gasteiger partial charge in [-0.05, 0) is 57.5 Å². The second-order valence-electron chi connectivity index (χ2n) is 7.09. The molecule has 2 rings (SSSR count). The maximum absolute atomic E-state index is 12.0. The van der Waals surface area contributed by atoms with E-state index in [1.807, 2.05) is 6.92 Å². The van der Waals surface area contributed by atoms with Gasteiger partial charge in [-0.3, -0.25) is 9.69 Å². The summed E-state index contributed by atoms with van der Waals surface area (Å²) in [6, 6.07) is 0. The van der Waals surface area contributed by atoms with Crippen molar-refractivity contribution in [3.63, 3.8) is 0 Å². The molecule has 3 heteroatoms. The quantitative estimate of drug-likeness (QED) is 0.731. The van der Waals surface area contributed by atoms with Crippen LogP contribution in [-0.4, -0.2) is 36.1 Å². The predicted molar refractivity (Wildman–Crippen MR) is 77.0 cm³/mol. The molecule has 0 radical (unpaired) electrons. The van der Waals surface area contributed by atoms with Gasteiger partial charge < -0.3 is 4.74 Å². The fourth-order valence-corrected chi connectivity index (χ4v) is 4.17. The van der Waals surface area contributed by atoms with Crippen molar-refractivity contribution >= 4 is 5.97 Å². The van der Waals surface area contributed by atoms with Crippen molar-refractivity contribution in [2.75, 3.05) is 19.7 Å². The molecule has 1 saturated carbocycles. The molecule has 19 heavy (non-hydrogen) atoms. The Morgan fingerprint density at radius 2 is 1.84 bits per heavy atom. The van der Waals surface area contributed by atoms with Crippen molar-refractivity contribution < 1.29 is 9.53 Å². The maximum Gasteiger partial charge on any atom is 0.307 e. The second-order valence-corrected chi connectivity index (χ2v) is 7.09. The van der Waals surface area contributed by atoms with E-state index >= 15 is 0 Å². The topological polar surface area (TPSA) is 29.5 Å². The summed E-state index contributed by atoms with van der Waals surface area (Å²) in [6.07, 6.45) is 7.97. The normalized spacial score (nSPS) is 31.3. The highest BCUT2D eigenvalue weighted by Crippen LogP contribution is 2.46. The number of ether oxygens (including phenoxy) is 1. The number of hydrogen-bond acceptors (Lipinski definition) is 3. The molecule has 1 saturated heterocycles. The van der Waals surface area contributed by atoms with E-state index in [9.17, 15) is 4.79 Å². The minimum Gasteiger partial charge on any atom is -0.466 e. The van der Waals surface area contributed by atoms with Crippen LogP contribution in [0.15, 0.2) is 0 Å². The summed E-state index contributed by atoms with van der Waals surface area (Å²) < 4.78 is 5.23.